The van der Waals surface area contributed by atoms with Crippen molar-refractivity contribution in [3.05, 3.63) is 77.9 Å². The SMILES string of the molecule is COc1cccc2c1Oc1ccccc1N=C2N1CCN(C(=O)Nc2ccc(C(C)C)cc2)[C@H](C)C1. The van der Waals surface area contributed by atoms with Gasteiger partial charge in [0.15, 0.2) is 17.2 Å². The first kappa shape index (κ1) is 23.7. The molecule has 2 heterocycles. The van der Waals surface area contributed by atoms with E-state index in [1.807, 2.05) is 59.5 Å². The maximum atomic E-state index is 13.1. The molecule has 0 radical (unpaired) electrons. The molecule has 0 saturated carbocycles. The molecule has 2 aliphatic rings. The summed E-state index contributed by atoms with van der Waals surface area (Å²) in [6.07, 6.45) is 0. The Bertz CT molecular complexity index is 1290. The molecule has 2 amide bonds. The van der Waals surface area contributed by atoms with Gasteiger partial charge in [0, 0.05) is 31.4 Å². The Balaban J connectivity index is 1.37. The molecule has 0 aliphatic carbocycles. The van der Waals surface area contributed by atoms with Crippen LogP contribution in [0.3, 0.4) is 0 Å². The highest BCUT2D eigenvalue weighted by Gasteiger charge is 2.32. The van der Waals surface area contributed by atoms with Gasteiger partial charge in [-0.05, 0) is 54.8 Å². The van der Waals surface area contributed by atoms with Gasteiger partial charge in [0.1, 0.15) is 11.5 Å². The van der Waals surface area contributed by atoms with Crippen LogP contribution in [0.25, 0.3) is 0 Å². The highest BCUT2D eigenvalue weighted by atomic mass is 16.5. The molecule has 1 N–H and O–H groups in total. The standard InChI is InChI=1S/C29H32N4O3/c1-19(2)21-12-14-22(15-13-21)30-29(34)33-17-16-32(18-20(33)3)28-23-8-7-11-26(35-4)27(23)36-25-10-6-5-9-24(25)31-28/h5-15,19-20H,16-18H2,1-4H3,(H,30,34)/t20-/m1/s1. The van der Waals surface area contributed by atoms with E-state index in [-0.39, 0.29) is 12.1 Å². The van der Waals surface area contributed by atoms with E-state index in [9.17, 15) is 4.79 Å². The van der Waals surface area contributed by atoms with Crippen LogP contribution in [0, 0.1) is 0 Å². The molecule has 7 nitrogen and oxygen atoms in total. The Hall–Kier alpha value is -4.00. The van der Waals surface area contributed by atoms with E-state index < -0.39 is 0 Å². The van der Waals surface area contributed by atoms with Gasteiger partial charge < -0.3 is 24.6 Å². The van der Waals surface area contributed by atoms with E-state index in [1.165, 1.54) is 5.56 Å². The highest BCUT2D eigenvalue weighted by molar-refractivity contribution is 6.04. The number of ether oxygens (including phenoxy) is 2. The lowest BCUT2D eigenvalue weighted by molar-refractivity contribution is 0.145. The number of carbonyl (C=O) groups excluding carboxylic acids is 1. The average molecular weight is 485 g/mol. The van der Waals surface area contributed by atoms with Crippen molar-refractivity contribution in [1.82, 2.24) is 9.80 Å². The Kier molecular flexibility index (Phi) is 6.55. The minimum Gasteiger partial charge on any atom is -0.493 e. The molecule has 0 unspecified atom stereocenters. The van der Waals surface area contributed by atoms with Gasteiger partial charge in [0.2, 0.25) is 0 Å². The molecule has 186 valence electrons. The van der Waals surface area contributed by atoms with Crippen molar-refractivity contribution in [3.63, 3.8) is 0 Å². The molecule has 5 rings (SSSR count). The smallest absolute Gasteiger partial charge is 0.322 e. The Morgan fingerprint density at radius 1 is 1.06 bits per heavy atom. The lowest BCUT2D eigenvalue weighted by Gasteiger charge is -2.41. The molecule has 1 atom stereocenters. The third-order valence-electron chi connectivity index (χ3n) is 6.76. The first-order chi connectivity index (χ1) is 17.4. The van der Waals surface area contributed by atoms with Gasteiger partial charge >= 0.3 is 6.03 Å². The summed E-state index contributed by atoms with van der Waals surface area (Å²) in [5.74, 6) is 3.28. The van der Waals surface area contributed by atoms with E-state index in [0.717, 1.165) is 22.8 Å². The molecule has 36 heavy (non-hydrogen) atoms. The minimum absolute atomic E-state index is 0.00939. The number of para-hydroxylation sites is 3. The fourth-order valence-corrected chi connectivity index (χ4v) is 4.72. The number of aliphatic imine (C=N–C) groups is 1. The number of hydrogen-bond acceptors (Lipinski definition) is 5. The maximum absolute atomic E-state index is 13.1. The zero-order valence-corrected chi connectivity index (χ0v) is 21.2. The molecule has 3 aromatic rings. The normalized spacial score (nSPS) is 16.9. The molecule has 7 heteroatoms. The van der Waals surface area contributed by atoms with Gasteiger partial charge in [-0.25, -0.2) is 9.79 Å². The Morgan fingerprint density at radius 3 is 2.56 bits per heavy atom. The zero-order valence-electron chi connectivity index (χ0n) is 21.2. The van der Waals surface area contributed by atoms with E-state index >= 15 is 0 Å². The van der Waals surface area contributed by atoms with Crippen molar-refractivity contribution in [2.75, 3.05) is 32.1 Å². The van der Waals surface area contributed by atoms with Crippen LogP contribution in [0.4, 0.5) is 16.2 Å². The number of piperazine rings is 1. The second kappa shape index (κ2) is 9.93. The van der Waals surface area contributed by atoms with E-state index in [4.69, 9.17) is 14.5 Å². The topological polar surface area (TPSA) is 66.4 Å². The van der Waals surface area contributed by atoms with Gasteiger partial charge in [0.25, 0.3) is 0 Å². The fourth-order valence-electron chi connectivity index (χ4n) is 4.72. The number of nitrogens with zero attached hydrogens (tertiary/aromatic N) is 3. The highest BCUT2D eigenvalue weighted by Crippen LogP contribution is 2.42. The molecule has 1 saturated heterocycles. The molecular weight excluding hydrogens is 452 g/mol. The van der Waals surface area contributed by atoms with Crippen molar-refractivity contribution in [1.29, 1.82) is 0 Å². The zero-order chi connectivity index (χ0) is 25.2. The predicted octanol–water partition coefficient (Wildman–Crippen LogP) is 6.24. The van der Waals surface area contributed by atoms with Crippen molar-refractivity contribution >= 4 is 23.2 Å². The van der Waals surface area contributed by atoms with Gasteiger partial charge in [-0.3, -0.25) is 0 Å². The van der Waals surface area contributed by atoms with Crippen molar-refractivity contribution < 1.29 is 14.3 Å². The van der Waals surface area contributed by atoms with Crippen LogP contribution in [0.5, 0.6) is 17.2 Å². The molecule has 0 aromatic heterocycles. The lowest BCUT2D eigenvalue weighted by atomic mass is 10.0. The summed E-state index contributed by atoms with van der Waals surface area (Å²) in [6.45, 7) is 8.28. The summed E-state index contributed by atoms with van der Waals surface area (Å²) in [4.78, 5) is 22.2. The second-order valence-electron chi connectivity index (χ2n) is 9.54. The number of amides is 2. The molecule has 3 aromatic carbocycles. The third-order valence-corrected chi connectivity index (χ3v) is 6.76. The quantitative estimate of drug-likeness (QED) is 0.478. The number of rotatable bonds is 3. The lowest BCUT2D eigenvalue weighted by Crippen LogP contribution is -2.56. The number of anilines is 1. The number of urea groups is 1. The number of fused-ring (bicyclic) bond motifs is 2. The van der Waals surface area contributed by atoms with Crippen LogP contribution in [0.15, 0.2) is 71.7 Å². The second-order valence-corrected chi connectivity index (χ2v) is 9.54. The summed E-state index contributed by atoms with van der Waals surface area (Å²) in [6, 6.07) is 21.6. The fraction of sp³-hybridized carbons (Fsp3) is 0.310. The molecule has 0 spiro atoms. The summed E-state index contributed by atoms with van der Waals surface area (Å²) in [5.41, 5.74) is 3.70. The number of nitrogens with one attached hydrogen (secondary N) is 1. The number of hydrogen-bond donors (Lipinski definition) is 1. The first-order valence-corrected chi connectivity index (χ1v) is 12.4. The van der Waals surface area contributed by atoms with Crippen LogP contribution >= 0.6 is 0 Å². The van der Waals surface area contributed by atoms with Crippen LogP contribution in [0.1, 0.15) is 37.8 Å². The summed E-state index contributed by atoms with van der Waals surface area (Å²) in [5, 5.41) is 3.06. The van der Waals surface area contributed by atoms with Gasteiger partial charge in [0.05, 0.1) is 12.7 Å². The summed E-state index contributed by atoms with van der Waals surface area (Å²) < 4.78 is 11.9. The third kappa shape index (κ3) is 4.61. The number of benzene rings is 3. The van der Waals surface area contributed by atoms with Crippen LogP contribution in [0.2, 0.25) is 0 Å². The van der Waals surface area contributed by atoms with Gasteiger partial charge in [-0.2, -0.15) is 0 Å². The molecule has 0 bridgehead atoms. The molecular formula is C29H32N4O3. The van der Waals surface area contributed by atoms with E-state index in [1.54, 1.807) is 7.11 Å². The first-order valence-electron chi connectivity index (χ1n) is 12.4. The average Bonchev–Trinajstić information content (AvgIpc) is 3.05. The molecule has 1 fully saturated rings. The number of amidine groups is 1. The van der Waals surface area contributed by atoms with Gasteiger partial charge in [-0.15, -0.1) is 0 Å². The monoisotopic (exact) mass is 484 g/mol. The van der Waals surface area contributed by atoms with Crippen LogP contribution < -0.4 is 14.8 Å². The predicted molar refractivity (Wildman–Crippen MR) is 143 cm³/mol. The van der Waals surface area contributed by atoms with Crippen molar-refractivity contribution in [3.8, 4) is 17.2 Å². The number of methoxy groups -OCH3 is 1. The number of carbonyl (C=O) groups is 1. The van der Waals surface area contributed by atoms with E-state index in [2.05, 4.69) is 43.1 Å². The van der Waals surface area contributed by atoms with Gasteiger partial charge in [-0.1, -0.05) is 44.2 Å². The van der Waals surface area contributed by atoms with Crippen molar-refractivity contribution in [2.45, 2.75) is 32.7 Å². The minimum atomic E-state index is -0.0852. The summed E-state index contributed by atoms with van der Waals surface area (Å²) in [7, 11) is 1.64. The maximum Gasteiger partial charge on any atom is 0.322 e. The van der Waals surface area contributed by atoms with Crippen LogP contribution in [-0.2, 0) is 0 Å². The van der Waals surface area contributed by atoms with Crippen LogP contribution in [-0.4, -0.2) is 54.5 Å². The summed E-state index contributed by atoms with van der Waals surface area (Å²) >= 11 is 0. The van der Waals surface area contributed by atoms with E-state index in [0.29, 0.717) is 42.8 Å². The Morgan fingerprint density at radius 2 is 1.83 bits per heavy atom. The Labute approximate surface area is 212 Å². The van der Waals surface area contributed by atoms with Crippen molar-refractivity contribution in [2.24, 2.45) is 4.99 Å². The largest absolute Gasteiger partial charge is 0.493 e. The molecule has 2 aliphatic heterocycles.